The van der Waals surface area contributed by atoms with Gasteiger partial charge in [-0.05, 0) is 17.7 Å². The summed E-state index contributed by atoms with van der Waals surface area (Å²) in [5.41, 5.74) is 1.93. The fourth-order valence-electron chi connectivity index (χ4n) is 2.93. The molecule has 3 aromatic rings. The summed E-state index contributed by atoms with van der Waals surface area (Å²) < 4.78 is 41.5. The maximum Gasteiger partial charge on any atom is 0.422 e. The van der Waals surface area contributed by atoms with Gasteiger partial charge >= 0.3 is 6.18 Å². The van der Waals surface area contributed by atoms with E-state index in [-0.39, 0.29) is 23.9 Å². The molecule has 3 rings (SSSR count). The number of benzene rings is 1. The van der Waals surface area contributed by atoms with E-state index < -0.39 is 24.7 Å². The molecule has 7 nitrogen and oxygen atoms in total. The molecule has 1 atom stereocenters. The number of carbonyl (C=O) groups is 2. The molecular formula is C20H19F3N4O3. The van der Waals surface area contributed by atoms with Gasteiger partial charge in [-0.3, -0.25) is 9.59 Å². The van der Waals surface area contributed by atoms with E-state index in [0.29, 0.717) is 0 Å². The Hall–Kier alpha value is -3.56. The Morgan fingerprint density at radius 1 is 1.23 bits per heavy atom. The highest BCUT2D eigenvalue weighted by atomic mass is 19.4. The van der Waals surface area contributed by atoms with Crippen LogP contribution < -0.4 is 15.4 Å². The molecule has 30 heavy (non-hydrogen) atoms. The van der Waals surface area contributed by atoms with E-state index in [4.69, 9.17) is 0 Å². The van der Waals surface area contributed by atoms with Gasteiger partial charge in [0.15, 0.2) is 6.61 Å². The molecule has 0 fully saturated rings. The summed E-state index contributed by atoms with van der Waals surface area (Å²) in [6.07, 6.45) is -1.30. The van der Waals surface area contributed by atoms with Gasteiger partial charge in [-0.15, -0.1) is 0 Å². The SMILES string of the molecule is CC(=O)NC(Cc1c[nH]c2ccccc12)C(=O)Nc1ccnc(OCC(F)(F)F)c1. The Labute approximate surface area is 169 Å². The third-order valence-corrected chi connectivity index (χ3v) is 4.18. The number of halogens is 3. The van der Waals surface area contributed by atoms with Crippen LogP contribution in [0.5, 0.6) is 5.88 Å². The van der Waals surface area contributed by atoms with Crippen molar-refractivity contribution in [1.29, 1.82) is 0 Å². The molecule has 1 unspecified atom stereocenters. The summed E-state index contributed by atoms with van der Waals surface area (Å²) in [4.78, 5) is 31.2. The molecule has 0 aliphatic carbocycles. The fourth-order valence-corrected chi connectivity index (χ4v) is 2.93. The summed E-state index contributed by atoms with van der Waals surface area (Å²) in [7, 11) is 0. The summed E-state index contributed by atoms with van der Waals surface area (Å²) >= 11 is 0. The molecule has 1 aromatic carbocycles. The monoisotopic (exact) mass is 420 g/mol. The molecule has 3 N–H and O–H groups in total. The van der Waals surface area contributed by atoms with Gasteiger partial charge in [-0.25, -0.2) is 4.98 Å². The number of nitrogens with zero attached hydrogens (tertiary/aromatic N) is 1. The van der Waals surface area contributed by atoms with Crippen LogP contribution in [0.3, 0.4) is 0 Å². The van der Waals surface area contributed by atoms with E-state index in [1.54, 1.807) is 6.20 Å². The Morgan fingerprint density at radius 3 is 2.73 bits per heavy atom. The Balaban J connectivity index is 1.73. The van der Waals surface area contributed by atoms with Crippen LogP contribution in [-0.4, -0.2) is 40.6 Å². The van der Waals surface area contributed by atoms with Gasteiger partial charge in [-0.1, -0.05) is 18.2 Å². The summed E-state index contributed by atoms with van der Waals surface area (Å²) in [6, 6.07) is 9.24. The molecule has 0 aliphatic heterocycles. The van der Waals surface area contributed by atoms with Gasteiger partial charge in [0.2, 0.25) is 17.7 Å². The minimum Gasteiger partial charge on any atom is -0.468 e. The number of anilines is 1. The van der Waals surface area contributed by atoms with Gasteiger partial charge in [0, 0.05) is 48.4 Å². The first-order valence-corrected chi connectivity index (χ1v) is 9.00. The first-order chi connectivity index (χ1) is 14.2. The standard InChI is InChI=1S/C20H19F3N4O3/c1-12(28)26-17(8-13-10-25-16-5-3-2-4-15(13)16)19(29)27-14-6-7-24-18(9-14)30-11-20(21,22)23/h2-7,9-10,17,25H,8,11H2,1H3,(H,26,28)(H,24,27,29). The number of hydrogen-bond acceptors (Lipinski definition) is 4. The van der Waals surface area contributed by atoms with Crippen molar-refractivity contribution in [3.63, 3.8) is 0 Å². The zero-order valence-electron chi connectivity index (χ0n) is 15.9. The highest BCUT2D eigenvalue weighted by molar-refractivity contribution is 5.97. The van der Waals surface area contributed by atoms with Crippen molar-refractivity contribution in [1.82, 2.24) is 15.3 Å². The molecule has 0 spiro atoms. The van der Waals surface area contributed by atoms with Crippen LogP contribution in [0, 0.1) is 0 Å². The summed E-state index contributed by atoms with van der Waals surface area (Å²) in [6.45, 7) is -0.197. The number of alkyl halides is 3. The van der Waals surface area contributed by atoms with E-state index in [1.807, 2.05) is 24.3 Å². The Kier molecular flexibility index (Phi) is 6.24. The van der Waals surface area contributed by atoms with E-state index in [1.165, 1.54) is 25.3 Å². The quantitative estimate of drug-likeness (QED) is 0.547. The maximum absolute atomic E-state index is 12.8. The maximum atomic E-state index is 12.8. The zero-order valence-corrected chi connectivity index (χ0v) is 15.9. The molecule has 10 heteroatoms. The topological polar surface area (TPSA) is 96.1 Å². The second-order valence-electron chi connectivity index (χ2n) is 6.59. The lowest BCUT2D eigenvalue weighted by molar-refractivity contribution is -0.154. The number of ether oxygens (including phenoxy) is 1. The van der Waals surface area contributed by atoms with Gasteiger partial charge in [-0.2, -0.15) is 13.2 Å². The number of aromatic nitrogens is 2. The smallest absolute Gasteiger partial charge is 0.422 e. The van der Waals surface area contributed by atoms with Crippen LogP contribution in [0.15, 0.2) is 48.8 Å². The molecule has 2 heterocycles. The number of rotatable bonds is 7. The molecule has 0 bridgehead atoms. The molecule has 2 amide bonds. The van der Waals surface area contributed by atoms with E-state index >= 15 is 0 Å². The number of hydrogen-bond donors (Lipinski definition) is 3. The van der Waals surface area contributed by atoms with Crippen molar-refractivity contribution in [2.24, 2.45) is 0 Å². The number of pyridine rings is 1. The lowest BCUT2D eigenvalue weighted by Crippen LogP contribution is -2.44. The normalized spacial score (nSPS) is 12.4. The third kappa shape index (κ3) is 5.72. The van der Waals surface area contributed by atoms with Gasteiger partial charge in [0.05, 0.1) is 0 Å². The molecule has 0 radical (unpaired) electrons. The number of para-hydroxylation sites is 1. The predicted octanol–water partition coefficient (Wildman–Crippen LogP) is 3.19. The van der Waals surface area contributed by atoms with Crippen LogP contribution in [0.4, 0.5) is 18.9 Å². The number of aromatic amines is 1. The summed E-state index contributed by atoms with van der Waals surface area (Å²) in [5, 5.41) is 6.11. The van der Waals surface area contributed by atoms with Crippen LogP contribution in [0.2, 0.25) is 0 Å². The lowest BCUT2D eigenvalue weighted by atomic mass is 10.0. The number of amides is 2. The Morgan fingerprint density at radius 2 is 2.00 bits per heavy atom. The third-order valence-electron chi connectivity index (χ3n) is 4.18. The number of nitrogens with one attached hydrogen (secondary N) is 3. The van der Waals surface area contributed by atoms with Gasteiger partial charge in [0.25, 0.3) is 0 Å². The van der Waals surface area contributed by atoms with Gasteiger partial charge in [0.1, 0.15) is 6.04 Å². The molecular weight excluding hydrogens is 401 g/mol. The van der Waals surface area contributed by atoms with Crippen molar-refractivity contribution in [2.75, 3.05) is 11.9 Å². The number of carbonyl (C=O) groups excluding carboxylic acids is 2. The highest BCUT2D eigenvalue weighted by Gasteiger charge is 2.28. The fraction of sp³-hybridized carbons (Fsp3) is 0.250. The first-order valence-electron chi connectivity index (χ1n) is 9.00. The van der Waals surface area contributed by atoms with Crippen molar-refractivity contribution >= 4 is 28.4 Å². The minimum atomic E-state index is -4.50. The minimum absolute atomic E-state index is 0.196. The average Bonchev–Trinajstić information content (AvgIpc) is 3.08. The molecule has 0 saturated heterocycles. The van der Waals surface area contributed by atoms with Crippen LogP contribution in [0.1, 0.15) is 12.5 Å². The predicted molar refractivity (Wildman–Crippen MR) is 104 cm³/mol. The van der Waals surface area contributed by atoms with E-state index in [2.05, 4.69) is 25.3 Å². The van der Waals surface area contributed by atoms with Gasteiger partial charge < -0.3 is 20.4 Å². The van der Waals surface area contributed by atoms with Crippen LogP contribution >= 0.6 is 0 Å². The van der Waals surface area contributed by atoms with Crippen molar-refractivity contribution in [3.05, 3.63) is 54.4 Å². The van der Waals surface area contributed by atoms with E-state index in [9.17, 15) is 22.8 Å². The van der Waals surface area contributed by atoms with Crippen LogP contribution in [0.25, 0.3) is 10.9 Å². The summed E-state index contributed by atoms with van der Waals surface area (Å²) in [5.74, 6) is -1.19. The van der Waals surface area contributed by atoms with Crippen molar-refractivity contribution in [3.8, 4) is 5.88 Å². The first kappa shape index (κ1) is 21.2. The second kappa shape index (κ2) is 8.85. The number of fused-ring (bicyclic) bond motifs is 1. The molecule has 0 aliphatic rings. The lowest BCUT2D eigenvalue weighted by Gasteiger charge is -2.18. The highest BCUT2D eigenvalue weighted by Crippen LogP contribution is 2.21. The van der Waals surface area contributed by atoms with Crippen molar-refractivity contribution < 1.29 is 27.5 Å². The average molecular weight is 420 g/mol. The number of H-pyrrole nitrogens is 1. The zero-order chi connectivity index (χ0) is 21.7. The van der Waals surface area contributed by atoms with Crippen molar-refractivity contribution in [2.45, 2.75) is 25.6 Å². The molecule has 2 aromatic heterocycles. The molecule has 158 valence electrons. The second-order valence-corrected chi connectivity index (χ2v) is 6.59. The van der Waals surface area contributed by atoms with Crippen LogP contribution in [-0.2, 0) is 16.0 Å². The molecule has 0 saturated carbocycles. The van der Waals surface area contributed by atoms with E-state index in [0.717, 1.165) is 16.5 Å². The largest absolute Gasteiger partial charge is 0.468 e. The Bertz CT molecular complexity index is 1050.